The molecule has 1 aliphatic carbocycles. The minimum atomic E-state index is -1.50. The number of benzene rings is 1. The highest BCUT2D eigenvalue weighted by Gasteiger charge is 2.52. The molecule has 3 aliphatic rings. The summed E-state index contributed by atoms with van der Waals surface area (Å²) in [5.41, 5.74) is 0.333. The highest BCUT2D eigenvalue weighted by molar-refractivity contribution is 5.82. The Morgan fingerprint density at radius 1 is 1.25 bits per heavy atom. The standard InChI is InChI=1S/C20H25NO3/c1-21-17-10-7-14(18(21)12-11-17)13-24-19(22)20(23,16-8-9-16)15-5-3-2-4-6-15/h2-7,16-18,23H,8-13H2,1H3. The van der Waals surface area contributed by atoms with Crippen LogP contribution in [0.25, 0.3) is 0 Å². The molecule has 0 spiro atoms. The molecule has 2 aliphatic heterocycles. The molecule has 0 amide bonds. The van der Waals surface area contributed by atoms with E-state index in [2.05, 4.69) is 18.0 Å². The van der Waals surface area contributed by atoms with Crippen molar-refractivity contribution in [1.82, 2.24) is 4.90 Å². The van der Waals surface area contributed by atoms with E-state index in [4.69, 9.17) is 4.74 Å². The zero-order valence-corrected chi connectivity index (χ0v) is 14.1. The van der Waals surface area contributed by atoms with Gasteiger partial charge in [0, 0.05) is 18.0 Å². The van der Waals surface area contributed by atoms with Gasteiger partial charge in [-0.25, -0.2) is 4.79 Å². The smallest absolute Gasteiger partial charge is 0.343 e. The van der Waals surface area contributed by atoms with Crippen molar-refractivity contribution in [2.75, 3.05) is 13.7 Å². The summed E-state index contributed by atoms with van der Waals surface area (Å²) in [4.78, 5) is 15.2. The number of hydrogen-bond donors (Lipinski definition) is 1. The largest absolute Gasteiger partial charge is 0.459 e. The fourth-order valence-corrected chi connectivity index (χ4v) is 4.29. The Labute approximate surface area is 143 Å². The van der Waals surface area contributed by atoms with Gasteiger partial charge in [0.25, 0.3) is 0 Å². The molecule has 4 rings (SSSR count). The minimum absolute atomic E-state index is 0.0220. The van der Waals surface area contributed by atoms with Gasteiger partial charge < -0.3 is 9.84 Å². The second-order valence-corrected chi connectivity index (χ2v) is 7.41. The predicted molar refractivity (Wildman–Crippen MR) is 91.3 cm³/mol. The lowest BCUT2D eigenvalue weighted by molar-refractivity contribution is -0.168. The molecule has 2 heterocycles. The van der Waals surface area contributed by atoms with Crippen molar-refractivity contribution in [3.63, 3.8) is 0 Å². The summed E-state index contributed by atoms with van der Waals surface area (Å²) >= 11 is 0. The van der Waals surface area contributed by atoms with Gasteiger partial charge in [-0.05, 0) is 50.3 Å². The summed E-state index contributed by atoms with van der Waals surface area (Å²) < 4.78 is 5.62. The molecule has 1 saturated carbocycles. The van der Waals surface area contributed by atoms with Gasteiger partial charge >= 0.3 is 5.97 Å². The maximum atomic E-state index is 12.8. The van der Waals surface area contributed by atoms with Gasteiger partial charge in [-0.3, -0.25) is 4.90 Å². The second kappa shape index (κ2) is 6.01. The number of fused-ring (bicyclic) bond motifs is 2. The Bertz CT molecular complexity index is 652. The molecule has 2 bridgehead atoms. The van der Waals surface area contributed by atoms with E-state index in [1.807, 2.05) is 30.3 Å². The third kappa shape index (κ3) is 2.58. The van der Waals surface area contributed by atoms with E-state index in [1.165, 1.54) is 12.0 Å². The Kier molecular flexibility index (Phi) is 3.97. The van der Waals surface area contributed by atoms with Gasteiger partial charge in [-0.1, -0.05) is 36.4 Å². The third-order valence-electron chi connectivity index (χ3n) is 5.98. The Morgan fingerprint density at radius 3 is 2.71 bits per heavy atom. The van der Waals surface area contributed by atoms with Crippen LogP contribution in [0.2, 0.25) is 0 Å². The molecule has 128 valence electrons. The average molecular weight is 327 g/mol. The van der Waals surface area contributed by atoms with Crippen LogP contribution in [0.4, 0.5) is 0 Å². The van der Waals surface area contributed by atoms with Crippen LogP contribution in [0.15, 0.2) is 42.0 Å². The van der Waals surface area contributed by atoms with E-state index >= 15 is 0 Å². The number of hydrogen-bond acceptors (Lipinski definition) is 4. The summed E-state index contributed by atoms with van der Waals surface area (Å²) in [6.07, 6.45) is 7.35. The van der Waals surface area contributed by atoms with E-state index in [1.54, 1.807) is 0 Å². The third-order valence-corrected chi connectivity index (χ3v) is 5.98. The Balaban J connectivity index is 1.48. The summed E-state index contributed by atoms with van der Waals surface area (Å²) in [6, 6.07) is 10.3. The van der Waals surface area contributed by atoms with Crippen molar-refractivity contribution in [1.29, 1.82) is 0 Å². The maximum Gasteiger partial charge on any atom is 0.343 e. The van der Waals surface area contributed by atoms with Crippen molar-refractivity contribution in [2.45, 2.75) is 49.8 Å². The number of ether oxygens (including phenoxy) is 1. The first-order valence-electron chi connectivity index (χ1n) is 8.96. The Morgan fingerprint density at radius 2 is 2.00 bits per heavy atom. The highest BCUT2D eigenvalue weighted by Crippen LogP contribution is 2.46. The van der Waals surface area contributed by atoms with E-state index in [0.717, 1.165) is 25.7 Å². The molecule has 0 aromatic heterocycles. The van der Waals surface area contributed by atoms with Gasteiger partial charge in [0.2, 0.25) is 0 Å². The Hall–Kier alpha value is -1.65. The van der Waals surface area contributed by atoms with Gasteiger partial charge in [0.15, 0.2) is 5.60 Å². The molecule has 4 nitrogen and oxygen atoms in total. The van der Waals surface area contributed by atoms with E-state index in [9.17, 15) is 9.90 Å². The van der Waals surface area contributed by atoms with E-state index < -0.39 is 11.6 Å². The van der Waals surface area contributed by atoms with Crippen LogP contribution in [0.5, 0.6) is 0 Å². The molecular formula is C20H25NO3. The number of likely N-dealkylation sites (N-methyl/N-ethyl adjacent to an activating group) is 1. The number of carbonyl (C=O) groups is 1. The van der Waals surface area contributed by atoms with Gasteiger partial charge in [0.1, 0.15) is 6.61 Å². The van der Waals surface area contributed by atoms with Crippen LogP contribution >= 0.6 is 0 Å². The molecule has 1 N–H and O–H groups in total. The molecule has 4 heteroatoms. The van der Waals surface area contributed by atoms with Crippen LogP contribution in [-0.4, -0.2) is 41.7 Å². The molecule has 0 radical (unpaired) electrons. The minimum Gasteiger partial charge on any atom is -0.459 e. The van der Waals surface area contributed by atoms with Crippen molar-refractivity contribution < 1.29 is 14.6 Å². The van der Waals surface area contributed by atoms with Crippen LogP contribution in [0, 0.1) is 5.92 Å². The molecule has 1 aromatic carbocycles. The number of esters is 1. The van der Waals surface area contributed by atoms with Crippen molar-refractivity contribution in [2.24, 2.45) is 5.92 Å². The van der Waals surface area contributed by atoms with Crippen molar-refractivity contribution in [3.05, 3.63) is 47.5 Å². The van der Waals surface area contributed by atoms with Gasteiger partial charge in [0.05, 0.1) is 0 Å². The monoisotopic (exact) mass is 327 g/mol. The summed E-state index contributed by atoms with van der Waals surface area (Å²) in [5, 5.41) is 11.1. The highest BCUT2D eigenvalue weighted by atomic mass is 16.5. The molecule has 3 atom stereocenters. The van der Waals surface area contributed by atoms with E-state index in [-0.39, 0.29) is 5.92 Å². The molecule has 3 unspecified atom stereocenters. The number of rotatable bonds is 5. The van der Waals surface area contributed by atoms with Gasteiger partial charge in [-0.2, -0.15) is 0 Å². The first kappa shape index (κ1) is 15.9. The lowest BCUT2D eigenvalue weighted by Crippen LogP contribution is -2.41. The lowest BCUT2D eigenvalue weighted by Gasteiger charge is -2.32. The average Bonchev–Trinajstić information content (AvgIpc) is 3.42. The van der Waals surface area contributed by atoms with Crippen LogP contribution in [0.3, 0.4) is 0 Å². The summed E-state index contributed by atoms with van der Waals surface area (Å²) in [5.74, 6) is -0.522. The SMILES string of the molecule is CN1C2CC=C(COC(=O)C(O)(c3ccccc3)C3CC3)C1CC2. The molecular weight excluding hydrogens is 302 g/mol. The summed E-state index contributed by atoms with van der Waals surface area (Å²) in [6.45, 7) is 0.294. The summed E-state index contributed by atoms with van der Waals surface area (Å²) in [7, 11) is 2.15. The quantitative estimate of drug-likeness (QED) is 0.667. The molecule has 2 fully saturated rings. The zero-order chi connectivity index (χ0) is 16.7. The maximum absolute atomic E-state index is 12.8. The normalized spacial score (nSPS) is 29.0. The topological polar surface area (TPSA) is 49.8 Å². The van der Waals surface area contributed by atoms with Crippen LogP contribution < -0.4 is 0 Å². The number of carbonyl (C=O) groups excluding carboxylic acids is 1. The van der Waals surface area contributed by atoms with Crippen LogP contribution in [-0.2, 0) is 15.1 Å². The fraction of sp³-hybridized carbons (Fsp3) is 0.550. The first-order chi connectivity index (χ1) is 11.6. The van der Waals surface area contributed by atoms with Crippen molar-refractivity contribution >= 4 is 5.97 Å². The second-order valence-electron chi connectivity index (χ2n) is 7.41. The molecule has 1 aromatic rings. The molecule has 1 saturated heterocycles. The predicted octanol–water partition coefficient (Wildman–Crippen LogP) is 2.62. The molecule has 24 heavy (non-hydrogen) atoms. The lowest BCUT2D eigenvalue weighted by atomic mass is 9.89. The van der Waals surface area contributed by atoms with Gasteiger partial charge in [-0.15, -0.1) is 0 Å². The number of nitrogens with zero attached hydrogens (tertiary/aromatic N) is 1. The fourth-order valence-electron chi connectivity index (χ4n) is 4.29. The zero-order valence-electron chi connectivity index (χ0n) is 14.1. The van der Waals surface area contributed by atoms with Crippen LogP contribution in [0.1, 0.15) is 37.7 Å². The number of aliphatic hydroxyl groups is 1. The van der Waals surface area contributed by atoms with Crippen molar-refractivity contribution in [3.8, 4) is 0 Å². The first-order valence-corrected chi connectivity index (χ1v) is 8.96. The van der Waals surface area contributed by atoms with E-state index in [0.29, 0.717) is 24.3 Å².